The predicted octanol–water partition coefficient (Wildman–Crippen LogP) is 4.71. The Labute approximate surface area is 237 Å². The molecule has 9 heteroatoms. The number of nitrogens with one attached hydrogen (secondary N) is 2. The van der Waals surface area contributed by atoms with Crippen LogP contribution in [-0.2, 0) is 19.1 Å². The van der Waals surface area contributed by atoms with E-state index in [1.807, 2.05) is 0 Å². The summed E-state index contributed by atoms with van der Waals surface area (Å²) < 4.78 is 31.9. The maximum Gasteiger partial charge on any atom is 0.303 e. The number of carbonyl (C=O) groups excluding carboxylic acids is 3. The van der Waals surface area contributed by atoms with Gasteiger partial charge in [0.1, 0.15) is 5.60 Å². The Morgan fingerprint density at radius 2 is 1.75 bits per heavy atom. The first-order valence-electron chi connectivity index (χ1n) is 14.5. The highest BCUT2D eigenvalue weighted by molar-refractivity contribution is 5.96. The standard InChI is InChI=1S/C31H45FN2O6/c1-18-13-24(32)25(39-22-9-11-31(12-10-22,17-38-6)40-19(2)35)15-23(18)28(36)34-27-21-8-7-20(14-21)26(27)29(37)33-16-30(3,4)5/h13,15,20-22,26-27H,7-12,14,16-17H2,1-6H3,(H,33,37)(H,34,36)/t20-,21+,22-,26+,27-,31+/m1/s1. The SMILES string of the molecule is COC[C@]1(OC(C)=O)CC[C@@H](Oc2cc(C(=O)N[C@@H]3[C@H]4CC[C@H](C4)[C@@H]3C(=O)NCC(C)(C)C)c(C)cc2F)CC1. The molecule has 4 rings (SSSR count). The second kappa shape index (κ2) is 12.0. The van der Waals surface area contributed by atoms with Crippen LogP contribution >= 0.6 is 0 Å². The largest absolute Gasteiger partial charge is 0.487 e. The summed E-state index contributed by atoms with van der Waals surface area (Å²) in [7, 11) is 1.57. The van der Waals surface area contributed by atoms with Gasteiger partial charge in [-0.3, -0.25) is 14.4 Å². The Bertz CT molecular complexity index is 1110. The average molecular weight is 561 g/mol. The van der Waals surface area contributed by atoms with Gasteiger partial charge in [-0.05, 0) is 86.8 Å². The minimum absolute atomic E-state index is 0.00266. The number of halogens is 1. The van der Waals surface area contributed by atoms with Crippen LogP contribution < -0.4 is 15.4 Å². The van der Waals surface area contributed by atoms with Crippen molar-refractivity contribution in [3.63, 3.8) is 0 Å². The highest BCUT2D eigenvalue weighted by Gasteiger charge is 2.51. The Morgan fingerprint density at radius 3 is 2.38 bits per heavy atom. The average Bonchev–Trinajstić information content (AvgIpc) is 3.47. The number of rotatable bonds is 9. The van der Waals surface area contributed by atoms with Crippen molar-refractivity contribution in [2.24, 2.45) is 23.2 Å². The van der Waals surface area contributed by atoms with Gasteiger partial charge < -0.3 is 24.8 Å². The second-order valence-corrected chi connectivity index (χ2v) is 13.3. The van der Waals surface area contributed by atoms with Gasteiger partial charge in [-0.2, -0.15) is 0 Å². The molecule has 2 N–H and O–H groups in total. The summed E-state index contributed by atoms with van der Waals surface area (Å²) in [6.07, 6.45) is 4.84. The molecule has 0 spiro atoms. The van der Waals surface area contributed by atoms with E-state index in [0.29, 0.717) is 50.0 Å². The molecule has 40 heavy (non-hydrogen) atoms. The van der Waals surface area contributed by atoms with E-state index in [1.54, 1.807) is 14.0 Å². The van der Waals surface area contributed by atoms with Crippen LogP contribution in [0.25, 0.3) is 0 Å². The molecule has 8 nitrogen and oxygen atoms in total. The number of carbonyl (C=O) groups is 3. The zero-order valence-corrected chi connectivity index (χ0v) is 24.7. The van der Waals surface area contributed by atoms with Crippen molar-refractivity contribution < 1.29 is 33.0 Å². The summed E-state index contributed by atoms with van der Waals surface area (Å²) >= 11 is 0. The van der Waals surface area contributed by atoms with Crippen LogP contribution in [0.4, 0.5) is 4.39 Å². The topological polar surface area (TPSA) is 103 Å². The van der Waals surface area contributed by atoms with Crippen molar-refractivity contribution in [2.45, 2.75) is 97.3 Å². The third kappa shape index (κ3) is 6.96. The molecule has 3 fully saturated rings. The molecule has 222 valence electrons. The number of ether oxygens (including phenoxy) is 3. The molecule has 0 aromatic heterocycles. The number of methoxy groups -OCH3 is 1. The van der Waals surface area contributed by atoms with Crippen molar-refractivity contribution in [1.82, 2.24) is 10.6 Å². The minimum Gasteiger partial charge on any atom is -0.487 e. The molecule has 3 aliphatic rings. The number of hydrogen-bond donors (Lipinski definition) is 2. The van der Waals surface area contributed by atoms with E-state index < -0.39 is 11.4 Å². The third-order valence-corrected chi connectivity index (χ3v) is 8.74. The van der Waals surface area contributed by atoms with Gasteiger partial charge in [-0.15, -0.1) is 0 Å². The highest BCUT2D eigenvalue weighted by atomic mass is 19.1. The normalized spacial score (nSPS) is 29.6. The number of fused-ring (bicyclic) bond motifs is 2. The fourth-order valence-corrected chi connectivity index (χ4v) is 6.82. The summed E-state index contributed by atoms with van der Waals surface area (Å²) in [5, 5.41) is 6.24. The molecule has 1 aromatic carbocycles. The first-order chi connectivity index (χ1) is 18.8. The van der Waals surface area contributed by atoms with Crippen LogP contribution in [0.1, 0.15) is 88.6 Å². The number of benzene rings is 1. The molecular formula is C31H45FN2O6. The smallest absolute Gasteiger partial charge is 0.303 e. The Balaban J connectivity index is 1.44. The van der Waals surface area contributed by atoms with Gasteiger partial charge in [0.25, 0.3) is 5.91 Å². The molecule has 0 aliphatic heterocycles. The van der Waals surface area contributed by atoms with Gasteiger partial charge in [0, 0.05) is 32.2 Å². The molecule has 0 unspecified atom stereocenters. The highest BCUT2D eigenvalue weighted by Crippen LogP contribution is 2.49. The Morgan fingerprint density at radius 1 is 1.07 bits per heavy atom. The Hall–Kier alpha value is -2.68. The van der Waals surface area contributed by atoms with Gasteiger partial charge in [0.2, 0.25) is 5.91 Å². The number of amides is 2. The molecular weight excluding hydrogens is 515 g/mol. The van der Waals surface area contributed by atoms with Crippen LogP contribution in [-0.4, -0.2) is 55.8 Å². The fourth-order valence-electron chi connectivity index (χ4n) is 6.82. The van der Waals surface area contributed by atoms with Crippen LogP contribution in [0, 0.1) is 35.9 Å². The maximum atomic E-state index is 15.0. The van der Waals surface area contributed by atoms with Crippen LogP contribution in [0.5, 0.6) is 5.75 Å². The molecule has 4 atom stereocenters. The lowest BCUT2D eigenvalue weighted by Crippen LogP contribution is -2.50. The quantitative estimate of drug-likeness (QED) is 0.424. The van der Waals surface area contributed by atoms with Gasteiger partial charge in [-0.25, -0.2) is 4.39 Å². The van der Waals surface area contributed by atoms with Crippen molar-refractivity contribution in [3.05, 3.63) is 29.1 Å². The lowest BCUT2D eigenvalue weighted by atomic mass is 9.83. The van der Waals surface area contributed by atoms with Gasteiger partial charge in [-0.1, -0.05) is 20.8 Å². The first-order valence-corrected chi connectivity index (χ1v) is 14.5. The second-order valence-electron chi connectivity index (χ2n) is 13.3. The fraction of sp³-hybridized carbons (Fsp3) is 0.710. The van der Waals surface area contributed by atoms with Gasteiger partial charge >= 0.3 is 5.97 Å². The predicted molar refractivity (Wildman–Crippen MR) is 148 cm³/mol. The van der Waals surface area contributed by atoms with E-state index in [0.717, 1.165) is 19.3 Å². The van der Waals surface area contributed by atoms with E-state index in [2.05, 4.69) is 31.4 Å². The van der Waals surface area contributed by atoms with Crippen molar-refractivity contribution in [3.8, 4) is 5.75 Å². The van der Waals surface area contributed by atoms with Crippen molar-refractivity contribution in [2.75, 3.05) is 20.3 Å². The zero-order chi connectivity index (χ0) is 29.2. The molecule has 3 saturated carbocycles. The van der Waals surface area contributed by atoms with E-state index in [4.69, 9.17) is 14.2 Å². The molecule has 0 saturated heterocycles. The van der Waals surface area contributed by atoms with Crippen molar-refractivity contribution in [1.29, 1.82) is 0 Å². The van der Waals surface area contributed by atoms with E-state index in [9.17, 15) is 18.8 Å². The molecule has 2 amide bonds. The summed E-state index contributed by atoms with van der Waals surface area (Å²) in [6, 6.07) is 2.56. The number of aryl methyl sites for hydroxylation is 1. The molecule has 2 bridgehead atoms. The summed E-state index contributed by atoms with van der Waals surface area (Å²) in [5.74, 6) is -0.889. The number of esters is 1. The van der Waals surface area contributed by atoms with Crippen LogP contribution in [0.15, 0.2) is 12.1 Å². The first kappa shape index (κ1) is 30.3. The minimum atomic E-state index is -0.701. The summed E-state index contributed by atoms with van der Waals surface area (Å²) in [6.45, 7) is 10.2. The molecule has 0 heterocycles. The zero-order valence-electron chi connectivity index (χ0n) is 24.7. The number of hydrogen-bond acceptors (Lipinski definition) is 6. The van der Waals surface area contributed by atoms with Crippen molar-refractivity contribution >= 4 is 17.8 Å². The van der Waals surface area contributed by atoms with Crippen LogP contribution in [0.2, 0.25) is 0 Å². The molecule has 1 aromatic rings. The van der Waals surface area contributed by atoms with Crippen LogP contribution in [0.3, 0.4) is 0 Å². The lowest BCUT2D eigenvalue weighted by Gasteiger charge is -2.38. The lowest BCUT2D eigenvalue weighted by molar-refractivity contribution is -0.170. The van der Waals surface area contributed by atoms with E-state index >= 15 is 0 Å². The van der Waals surface area contributed by atoms with E-state index in [-0.39, 0.29) is 58.8 Å². The summed E-state index contributed by atoms with van der Waals surface area (Å²) in [4.78, 5) is 38.3. The summed E-state index contributed by atoms with van der Waals surface area (Å²) in [5.41, 5.74) is 0.125. The van der Waals surface area contributed by atoms with Gasteiger partial charge in [0.05, 0.1) is 18.6 Å². The maximum absolute atomic E-state index is 15.0. The third-order valence-electron chi connectivity index (χ3n) is 8.74. The van der Waals surface area contributed by atoms with Gasteiger partial charge in [0.15, 0.2) is 11.6 Å². The monoisotopic (exact) mass is 560 g/mol. The Kier molecular flexibility index (Phi) is 9.12. The van der Waals surface area contributed by atoms with E-state index in [1.165, 1.54) is 19.1 Å². The molecule has 0 radical (unpaired) electrons. The molecule has 3 aliphatic carbocycles.